The van der Waals surface area contributed by atoms with Crippen molar-refractivity contribution < 1.29 is 0 Å². The Bertz CT molecular complexity index is 3090. The summed E-state index contributed by atoms with van der Waals surface area (Å²) >= 11 is 0. The summed E-state index contributed by atoms with van der Waals surface area (Å²) < 4.78 is 2.32. The van der Waals surface area contributed by atoms with E-state index in [0.717, 1.165) is 28.0 Å². The zero-order chi connectivity index (χ0) is 36.6. The maximum absolute atomic E-state index is 6.86. The SMILES string of the molecule is C/C=C\c1c(N)c2ccc3ccccc3c2n1-c1ccc(-c2ccc3c4c(cccc24)-c2c-3c(-c3ccccc3)c3ccccc3c2-c2ccccc2)cc1. The van der Waals surface area contributed by atoms with Crippen LogP contribution in [0.1, 0.15) is 12.6 Å². The van der Waals surface area contributed by atoms with E-state index in [1.807, 2.05) is 6.92 Å². The van der Waals surface area contributed by atoms with Gasteiger partial charge < -0.3 is 10.3 Å². The molecule has 0 atom stereocenters. The second-order valence-electron chi connectivity index (χ2n) is 14.5. The summed E-state index contributed by atoms with van der Waals surface area (Å²) in [4.78, 5) is 0. The van der Waals surface area contributed by atoms with E-state index >= 15 is 0 Å². The van der Waals surface area contributed by atoms with Crippen molar-refractivity contribution in [1.29, 1.82) is 0 Å². The third-order valence-corrected chi connectivity index (χ3v) is 11.6. The van der Waals surface area contributed by atoms with Gasteiger partial charge in [0.2, 0.25) is 0 Å². The van der Waals surface area contributed by atoms with Crippen molar-refractivity contribution in [2.24, 2.45) is 0 Å². The summed E-state index contributed by atoms with van der Waals surface area (Å²) in [5.74, 6) is 0. The minimum Gasteiger partial charge on any atom is -0.396 e. The second-order valence-corrected chi connectivity index (χ2v) is 14.5. The van der Waals surface area contributed by atoms with Crippen molar-refractivity contribution in [2.45, 2.75) is 6.92 Å². The molecule has 2 N–H and O–H groups in total. The van der Waals surface area contributed by atoms with Crippen LogP contribution in [-0.2, 0) is 0 Å². The topological polar surface area (TPSA) is 30.9 Å². The molecule has 1 heterocycles. The zero-order valence-electron chi connectivity index (χ0n) is 30.4. The molecule has 0 fully saturated rings. The lowest BCUT2D eigenvalue weighted by Crippen LogP contribution is -1.98. The molecule has 1 aromatic heterocycles. The van der Waals surface area contributed by atoms with Gasteiger partial charge in [-0.25, -0.2) is 0 Å². The van der Waals surface area contributed by atoms with Crippen LogP contribution in [0.4, 0.5) is 5.69 Å². The highest BCUT2D eigenvalue weighted by atomic mass is 15.0. The standard InChI is InChI=1S/C53H36N2/c1-2-14-46-52(54)45-30-27-33-15-9-10-20-39(33)53(45)55(46)37-28-25-34(26-29-37)38-31-32-44-49-40(38)23-13-24-43(49)50-47(35-16-5-3-6-17-35)41-21-11-12-22-42(41)48(51(44)50)36-18-7-4-8-19-36/h2-32H,54H2,1H3/b14-2-. The number of aromatic nitrogens is 1. The van der Waals surface area contributed by atoms with Gasteiger partial charge >= 0.3 is 0 Å². The van der Waals surface area contributed by atoms with Gasteiger partial charge in [0, 0.05) is 16.5 Å². The fourth-order valence-electron chi connectivity index (χ4n) is 9.33. The van der Waals surface area contributed by atoms with Gasteiger partial charge in [-0.2, -0.15) is 0 Å². The number of anilines is 1. The van der Waals surface area contributed by atoms with Crippen LogP contribution in [-0.4, -0.2) is 4.57 Å². The smallest absolute Gasteiger partial charge is 0.0695 e. The van der Waals surface area contributed by atoms with Gasteiger partial charge in [-0.3, -0.25) is 0 Å². The number of hydrogen-bond donors (Lipinski definition) is 1. The van der Waals surface area contributed by atoms with Crippen LogP contribution in [0.15, 0.2) is 182 Å². The fraction of sp³-hybridized carbons (Fsp3) is 0.0189. The van der Waals surface area contributed by atoms with Crippen LogP contribution in [0.2, 0.25) is 0 Å². The summed E-state index contributed by atoms with van der Waals surface area (Å²) in [6, 6.07) is 64.3. The maximum Gasteiger partial charge on any atom is 0.0695 e. The zero-order valence-corrected chi connectivity index (χ0v) is 30.4. The molecule has 0 amide bonds. The van der Waals surface area contributed by atoms with Crippen LogP contribution in [0.3, 0.4) is 0 Å². The first kappa shape index (κ1) is 31.4. The van der Waals surface area contributed by atoms with E-state index in [2.05, 4.69) is 193 Å². The Morgan fingerprint density at radius 1 is 0.418 bits per heavy atom. The number of allylic oxidation sites excluding steroid dienone is 1. The molecular weight excluding hydrogens is 665 g/mol. The van der Waals surface area contributed by atoms with Crippen LogP contribution >= 0.6 is 0 Å². The lowest BCUT2D eigenvalue weighted by molar-refractivity contribution is 1.11. The lowest BCUT2D eigenvalue weighted by Gasteiger charge is -2.20. The second kappa shape index (κ2) is 12.2. The molecule has 0 aliphatic heterocycles. The number of benzene rings is 9. The van der Waals surface area contributed by atoms with Gasteiger partial charge in [0.05, 0.1) is 16.9 Å². The van der Waals surface area contributed by atoms with Crippen molar-refractivity contribution in [3.63, 3.8) is 0 Å². The largest absolute Gasteiger partial charge is 0.396 e. The molecule has 258 valence electrons. The lowest BCUT2D eigenvalue weighted by atomic mass is 9.82. The molecule has 0 saturated carbocycles. The van der Waals surface area contributed by atoms with E-state index in [1.54, 1.807) is 0 Å². The van der Waals surface area contributed by atoms with Gasteiger partial charge in [0.25, 0.3) is 0 Å². The van der Waals surface area contributed by atoms with Crippen LogP contribution in [0, 0.1) is 0 Å². The Morgan fingerprint density at radius 2 is 0.982 bits per heavy atom. The van der Waals surface area contributed by atoms with Crippen LogP contribution in [0.25, 0.3) is 111 Å². The Morgan fingerprint density at radius 3 is 1.64 bits per heavy atom. The molecule has 1 aliphatic rings. The Labute approximate surface area is 320 Å². The Kier molecular flexibility index (Phi) is 6.96. The van der Waals surface area contributed by atoms with Crippen LogP contribution in [0.5, 0.6) is 0 Å². The van der Waals surface area contributed by atoms with Crippen molar-refractivity contribution in [3.05, 3.63) is 188 Å². The predicted molar refractivity (Wildman–Crippen MR) is 236 cm³/mol. The summed E-state index contributed by atoms with van der Waals surface area (Å²) in [7, 11) is 0. The summed E-state index contributed by atoms with van der Waals surface area (Å²) in [6.07, 6.45) is 4.19. The number of rotatable bonds is 5. The molecule has 2 heteroatoms. The molecule has 0 spiro atoms. The minimum absolute atomic E-state index is 0.799. The maximum atomic E-state index is 6.86. The molecule has 2 nitrogen and oxygen atoms in total. The Balaban J connectivity index is 1.14. The monoisotopic (exact) mass is 700 g/mol. The summed E-state index contributed by atoms with van der Waals surface area (Å²) in [5.41, 5.74) is 23.6. The molecule has 55 heavy (non-hydrogen) atoms. The van der Waals surface area contributed by atoms with Gasteiger partial charge in [0.1, 0.15) is 0 Å². The third-order valence-electron chi connectivity index (χ3n) is 11.6. The average Bonchev–Trinajstić information content (AvgIpc) is 3.73. The first-order valence-corrected chi connectivity index (χ1v) is 19.0. The normalized spacial score (nSPS) is 12.1. The number of hydrogen-bond acceptors (Lipinski definition) is 1. The van der Waals surface area contributed by atoms with Crippen molar-refractivity contribution >= 4 is 55.0 Å². The van der Waals surface area contributed by atoms with E-state index < -0.39 is 0 Å². The highest BCUT2D eigenvalue weighted by molar-refractivity contribution is 6.28. The molecular formula is C53H36N2. The molecule has 9 aromatic carbocycles. The molecule has 0 bridgehead atoms. The van der Waals surface area contributed by atoms with Gasteiger partial charge in [-0.1, -0.05) is 170 Å². The van der Waals surface area contributed by atoms with Crippen molar-refractivity contribution in [3.8, 4) is 61.3 Å². The van der Waals surface area contributed by atoms with Crippen LogP contribution < -0.4 is 5.73 Å². The third kappa shape index (κ3) is 4.55. The number of fused-ring (bicyclic) bond motifs is 7. The van der Waals surface area contributed by atoms with Gasteiger partial charge in [-0.05, 0) is 108 Å². The minimum atomic E-state index is 0.799. The number of nitrogens with two attached hydrogens (primary N) is 1. The highest BCUT2D eigenvalue weighted by Gasteiger charge is 2.31. The molecule has 0 radical (unpaired) electrons. The first-order valence-electron chi connectivity index (χ1n) is 19.0. The van der Waals surface area contributed by atoms with Gasteiger partial charge in [-0.15, -0.1) is 0 Å². The number of nitrogens with zero attached hydrogens (tertiary/aromatic N) is 1. The predicted octanol–water partition coefficient (Wildman–Crippen LogP) is 14.4. The molecule has 11 rings (SSSR count). The van der Waals surface area contributed by atoms with E-state index in [1.165, 1.54) is 88.0 Å². The summed E-state index contributed by atoms with van der Waals surface area (Å²) in [5, 5.41) is 8.58. The molecule has 10 aromatic rings. The number of nitrogen functional groups attached to an aromatic ring is 1. The fourth-order valence-corrected chi connectivity index (χ4v) is 9.33. The Hall–Kier alpha value is -7.16. The molecule has 0 unspecified atom stereocenters. The molecule has 1 aliphatic carbocycles. The average molecular weight is 701 g/mol. The molecule has 0 saturated heterocycles. The van der Waals surface area contributed by atoms with E-state index in [4.69, 9.17) is 5.73 Å². The van der Waals surface area contributed by atoms with Crippen molar-refractivity contribution in [1.82, 2.24) is 4.57 Å². The highest BCUT2D eigenvalue weighted by Crippen LogP contribution is 2.58. The first-order chi connectivity index (χ1) is 27.2. The van der Waals surface area contributed by atoms with Crippen molar-refractivity contribution in [2.75, 3.05) is 5.73 Å². The van der Waals surface area contributed by atoms with E-state index in [9.17, 15) is 0 Å². The van der Waals surface area contributed by atoms with E-state index in [-0.39, 0.29) is 0 Å². The quantitative estimate of drug-likeness (QED) is 0.190. The van der Waals surface area contributed by atoms with Gasteiger partial charge in [0.15, 0.2) is 0 Å². The summed E-state index contributed by atoms with van der Waals surface area (Å²) in [6.45, 7) is 2.05. The van der Waals surface area contributed by atoms with E-state index in [0.29, 0.717) is 0 Å².